The summed E-state index contributed by atoms with van der Waals surface area (Å²) in [7, 11) is 0. The molecule has 0 saturated carbocycles. The monoisotopic (exact) mass is 407 g/mol. The highest BCUT2D eigenvalue weighted by Crippen LogP contribution is 2.11. The molecule has 1 unspecified atom stereocenters. The van der Waals surface area contributed by atoms with Gasteiger partial charge in [0, 0.05) is 12.1 Å². The van der Waals surface area contributed by atoms with E-state index in [1.807, 2.05) is 36.4 Å². The van der Waals surface area contributed by atoms with Gasteiger partial charge in [0.15, 0.2) is 0 Å². The summed E-state index contributed by atoms with van der Waals surface area (Å²) in [5.41, 5.74) is 1.77. The first-order valence-electron chi connectivity index (χ1n) is 11.1. The van der Waals surface area contributed by atoms with Gasteiger partial charge < -0.3 is 15.5 Å². The van der Waals surface area contributed by atoms with Gasteiger partial charge in [-0.15, -0.1) is 0 Å². The molecule has 1 fully saturated rings. The van der Waals surface area contributed by atoms with Gasteiger partial charge >= 0.3 is 0 Å². The third-order valence-corrected chi connectivity index (χ3v) is 5.63. The number of hydrogen-bond acceptors (Lipinski definition) is 3. The van der Waals surface area contributed by atoms with Crippen molar-refractivity contribution in [2.75, 3.05) is 26.2 Å². The summed E-state index contributed by atoms with van der Waals surface area (Å²) in [6, 6.07) is 18.7. The molecule has 0 bridgehead atoms. The maximum atomic E-state index is 12.8. The van der Waals surface area contributed by atoms with Crippen molar-refractivity contribution >= 4 is 11.8 Å². The fourth-order valence-electron chi connectivity index (χ4n) is 3.90. The molecule has 2 aromatic carbocycles. The Bertz CT molecular complexity index is 773. The topological polar surface area (TPSA) is 61.4 Å². The molecule has 2 aromatic rings. The Balaban J connectivity index is 1.52. The van der Waals surface area contributed by atoms with Crippen LogP contribution in [0.15, 0.2) is 60.7 Å². The summed E-state index contributed by atoms with van der Waals surface area (Å²) < 4.78 is 0. The zero-order valence-corrected chi connectivity index (χ0v) is 17.7. The first kappa shape index (κ1) is 22.0. The van der Waals surface area contributed by atoms with Crippen LogP contribution in [0.4, 0.5) is 0 Å². The number of benzene rings is 2. The third-order valence-electron chi connectivity index (χ3n) is 5.63. The molecule has 30 heavy (non-hydrogen) atoms. The second-order valence-electron chi connectivity index (χ2n) is 7.96. The Hall–Kier alpha value is -2.66. The van der Waals surface area contributed by atoms with Gasteiger partial charge in [0.2, 0.25) is 5.91 Å². The fraction of sp³-hybridized carbons (Fsp3) is 0.440. The van der Waals surface area contributed by atoms with E-state index in [1.54, 1.807) is 12.1 Å². The Labute approximate surface area is 179 Å². The van der Waals surface area contributed by atoms with Crippen LogP contribution in [0.3, 0.4) is 0 Å². The quantitative estimate of drug-likeness (QED) is 0.634. The molecule has 1 atom stereocenters. The summed E-state index contributed by atoms with van der Waals surface area (Å²) in [5.74, 6) is -0.300. The summed E-state index contributed by atoms with van der Waals surface area (Å²) in [6.07, 6.45) is 6.15. The number of amides is 2. The van der Waals surface area contributed by atoms with E-state index in [2.05, 4.69) is 27.7 Å². The molecule has 5 heteroatoms. The van der Waals surface area contributed by atoms with Crippen molar-refractivity contribution in [2.45, 2.75) is 44.6 Å². The first-order valence-corrected chi connectivity index (χ1v) is 11.1. The number of nitrogens with one attached hydrogen (secondary N) is 2. The summed E-state index contributed by atoms with van der Waals surface area (Å²) >= 11 is 0. The maximum absolute atomic E-state index is 12.8. The van der Waals surface area contributed by atoms with Crippen molar-refractivity contribution < 1.29 is 9.59 Å². The average Bonchev–Trinajstić information content (AvgIpc) is 2.80. The van der Waals surface area contributed by atoms with Crippen LogP contribution in [0.25, 0.3) is 0 Å². The molecular formula is C25H33N3O2. The number of carbonyl (C=O) groups is 2. The van der Waals surface area contributed by atoms with Crippen LogP contribution in [0.2, 0.25) is 0 Å². The predicted molar refractivity (Wildman–Crippen MR) is 120 cm³/mol. The molecule has 0 radical (unpaired) electrons. The Morgan fingerprint density at radius 3 is 2.27 bits per heavy atom. The normalized spacial score (nSPS) is 15.3. The highest BCUT2D eigenvalue weighted by atomic mass is 16.2. The van der Waals surface area contributed by atoms with Crippen LogP contribution in [0.5, 0.6) is 0 Å². The van der Waals surface area contributed by atoms with Gasteiger partial charge in [-0.05, 0) is 69.4 Å². The van der Waals surface area contributed by atoms with E-state index >= 15 is 0 Å². The fourth-order valence-corrected chi connectivity index (χ4v) is 3.90. The van der Waals surface area contributed by atoms with E-state index in [9.17, 15) is 9.59 Å². The van der Waals surface area contributed by atoms with E-state index in [0.717, 1.165) is 32.5 Å². The lowest BCUT2D eigenvalue weighted by Crippen LogP contribution is -2.47. The van der Waals surface area contributed by atoms with E-state index in [1.165, 1.54) is 24.8 Å². The highest BCUT2D eigenvalue weighted by Gasteiger charge is 2.21. The van der Waals surface area contributed by atoms with Gasteiger partial charge in [-0.2, -0.15) is 0 Å². The number of rotatable bonds is 10. The van der Waals surface area contributed by atoms with Crippen LogP contribution < -0.4 is 10.6 Å². The minimum atomic E-state index is -0.515. The van der Waals surface area contributed by atoms with E-state index in [-0.39, 0.29) is 11.8 Å². The minimum Gasteiger partial charge on any atom is -0.354 e. The standard InChI is InChI=1S/C25H33N3O2/c29-24(22-13-6-2-7-14-22)27-23(15-10-20-28-18-8-3-9-19-28)25(30)26-17-16-21-11-4-1-5-12-21/h1-2,4-7,11-14,23H,3,8-10,15-20H2,(H,26,30)(H,27,29). The molecule has 0 spiro atoms. The van der Waals surface area contributed by atoms with Crippen molar-refractivity contribution in [3.8, 4) is 0 Å². The Kier molecular flexibility index (Phi) is 8.91. The molecule has 3 rings (SSSR count). The lowest BCUT2D eigenvalue weighted by molar-refractivity contribution is -0.123. The van der Waals surface area contributed by atoms with Crippen molar-refractivity contribution in [1.29, 1.82) is 0 Å². The second-order valence-corrected chi connectivity index (χ2v) is 7.96. The summed E-state index contributed by atoms with van der Waals surface area (Å²) in [6.45, 7) is 3.83. The van der Waals surface area contributed by atoms with Crippen molar-refractivity contribution in [3.05, 3.63) is 71.8 Å². The maximum Gasteiger partial charge on any atom is 0.251 e. The van der Waals surface area contributed by atoms with E-state index < -0.39 is 6.04 Å². The smallest absolute Gasteiger partial charge is 0.251 e. The van der Waals surface area contributed by atoms with Gasteiger partial charge in [-0.1, -0.05) is 55.0 Å². The van der Waals surface area contributed by atoms with Crippen molar-refractivity contribution in [3.63, 3.8) is 0 Å². The van der Waals surface area contributed by atoms with Crippen LogP contribution in [-0.2, 0) is 11.2 Å². The number of carbonyl (C=O) groups excluding carboxylic acids is 2. The van der Waals surface area contributed by atoms with Crippen LogP contribution in [0.1, 0.15) is 48.0 Å². The van der Waals surface area contributed by atoms with Crippen molar-refractivity contribution in [2.24, 2.45) is 0 Å². The molecule has 1 aliphatic heterocycles. The summed E-state index contributed by atoms with van der Waals surface area (Å²) in [5, 5.41) is 5.96. The Morgan fingerprint density at radius 1 is 0.900 bits per heavy atom. The SMILES string of the molecule is O=C(NC(CCCN1CCCCC1)C(=O)NCCc1ccccc1)c1ccccc1. The molecule has 2 amide bonds. The average molecular weight is 408 g/mol. The van der Waals surface area contributed by atoms with Gasteiger partial charge in [0.1, 0.15) is 6.04 Å². The van der Waals surface area contributed by atoms with Crippen LogP contribution in [0, 0.1) is 0 Å². The van der Waals surface area contributed by atoms with E-state index in [0.29, 0.717) is 18.5 Å². The lowest BCUT2D eigenvalue weighted by Gasteiger charge is -2.27. The lowest BCUT2D eigenvalue weighted by atomic mass is 10.1. The molecule has 1 heterocycles. The largest absolute Gasteiger partial charge is 0.354 e. The molecule has 5 nitrogen and oxygen atoms in total. The molecule has 0 aliphatic carbocycles. The molecule has 0 aromatic heterocycles. The van der Waals surface area contributed by atoms with Gasteiger partial charge in [0.05, 0.1) is 0 Å². The predicted octanol–water partition coefficient (Wildman–Crippen LogP) is 3.41. The number of piperidine rings is 1. The second kappa shape index (κ2) is 12.1. The zero-order chi connectivity index (χ0) is 21.0. The number of nitrogens with zero attached hydrogens (tertiary/aromatic N) is 1. The van der Waals surface area contributed by atoms with E-state index in [4.69, 9.17) is 0 Å². The highest BCUT2D eigenvalue weighted by molar-refractivity contribution is 5.97. The molecular weight excluding hydrogens is 374 g/mol. The minimum absolute atomic E-state index is 0.103. The van der Waals surface area contributed by atoms with Gasteiger partial charge in [-0.3, -0.25) is 9.59 Å². The molecule has 2 N–H and O–H groups in total. The third kappa shape index (κ3) is 7.30. The first-order chi connectivity index (χ1) is 14.7. The molecule has 1 saturated heterocycles. The Morgan fingerprint density at radius 2 is 1.57 bits per heavy atom. The van der Waals surface area contributed by atoms with Gasteiger partial charge in [0.25, 0.3) is 5.91 Å². The number of hydrogen-bond donors (Lipinski definition) is 2. The molecule has 1 aliphatic rings. The summed E-state index contributed by atoms with van der Waals surface area (Å²) in [4.78, 5) is 27.9. The van der Waals surface area contributed by atoms with Crippen LogP contribution >= 0.6 is 0 Å². The van der Waals surface area contributed by atoms with Gasteiger partial charge in [-0.25, -0.2) is 0 Å². The zero-order valence-electron chi connectivity index (χ0n) is 17.7. The van der Waals surface area contributed by atoms with Crippen molar-refractivity contribution in [1.82, 2.24) is 15.5 Å². The molecule has 160 valence electrons. The van der Waals surface area contributed by atoms with Crippen LogP contribution in [-0.4, -0.2) is 48.9 Å². The number of likely N-dealkylation sites (tertiary alicyclic amines) is 1.